The second-order valence-electron chi connectivity index (χ2n) is 5.58. The molecule has 1 rings (SSSR count). The maximum absolute atomic E-state index is 12.5. The average molecular weight is 267 g/mol. The van der Waals surface area contributed by atoms with Gasteiger partial charge < -0.3 is 10.0 Å². The van der Waals surface area contributed by atoms with E-state index < -0.39 is 6.10 Å². The lowest BCUT2D eigenvalue weighted by Gasteiger charge is -2.28. The molecule has 1 amide bonds. The summed E-state index contributed by atoms with van der Waals surface area (Å²) in [4.78, 5) is 14.2. The molecule has 5 nitrogen and oxygen atoms in total. The Labute approximate surface area is 115 Å². The molecule has 1 N–H and O–H groups in total. The average Bonchev–Trinajstić information content (AvgIpc) is 2.66. The van der Waals surface area contributed by atoms with Crippen LogP contribution in [0.15, 0.2) is 6.20 Å². The zero-order chi connectivity index (χ0) is 14.7. The lowest BCUT2D eigenvalue weighted by molar-refractivity contribution is 0.0578. The van der Waals surface area contributed by atoms with E-state index in [1.54, 1.807) is 18.0 Å². The van der Waals surface area contributed by atoms with Gasteiger partial charge in [0, 0.05) is 24.3 Å². The molecule has 0 saturated heterocycles. The summed E-state index contributed by atoms with van der Waals surface area (Å²) < 4.78 is 1.84. The van der Waals surface area contributed by atoms with Crippen LogP contribution in [-0.4, -0.2) is 44.4 Å². The molecule has 0 aliphatic heterocycles. The third-order valence-corrected chi connectivity index (χ3v) is 3.11. The molecule has 0 bridgehead atoms. The highest BCUT2D eigenvalue weighted by Gasteiger charge is 2.24. The minimum Gasteiger partial charge on any atom is -0.392 e. The summed E-state index contributed by atoms with van der Waals surface area (Å²) in [5.74, 6) is -0.0692. The number of aliphatic hydroxyl groups excluding tert-OH is 1. The predicted molar refractivity (Wildman–Crippen MR) is 75.2 cm³/mol. The monoisotopic (exact) mass is 267 g/mol. The number of carbonyl (C=O) groups excluding carboxylic acids is 1. The van der Waals surface area contributed by atoms with Gasteiger partial charge in [0.1, 0.15) is 0 Å². The number of nitrogens with zero attached hydrogens (tertiary/aromatic N) is 3. The van der Waals surface area contributed by atoms with Crippen molar-refractivity contribution >= 4 is 5.91 Å². The van der Waals surface area contributed by atoms with E-state index in [-0.39, 0.29) is 18.0 Å². The Morgan fingerprint density at radius 2 is 1.95 bits per heavy atom. The van der Waals surface area contributed by atoms with Crippen LogP contribution >= 0.6 is 0 Å². The summed E-state index contributed by atoms with van der Waals surface area (Å²) in [6.07, 6.45) is 1.08. The van der Waals surface area contributed by atoms with E-state index in [4.69, 9.17) is 0 Å². The summed E-state index contributed by atoms with van der Waals surface area (Å²) in [6, 6.07) is 0.273. The van der Waals surface area contributed by atoms with E-state index in [9.17, 15) is 9.90 Å². The Balaban J connectivity index is 3.03. The normalized spacial score (nSPS) is 13.1. The van der Waals surface area contributed by atoms with E-state index >= 15 is 0 Å². The van der Waals surface area contributed by atoms with Crippen molar-refractivity contribution in [3.05, 3.63) is 17.5 Å². The largest absolute Gasteiger partial charge is 0.392 e. The van der Waals surface area contributed by atoms with Gasteiger partial charge in [-0.2, -0.15) is 5.10 Å². The van der Waals surface area contributed by atoms with E-state index in [1.165, 1.54) is 0 Å². The van der Waals surface area contributed by atoms with Gasteiger partial charge in [-0.1, -0.05) is 0 Å². The molecular weight excluding hydrogens is 242 g/mol. The second-order valence-corrected chi connectivity index (χ2v) is 5.58. The first-order valence-corrected chi connectivity index (χ1v) is 6.78. The van der Waals surface area contributed by atoms with Crippen LogP contribution in [0, 0.1) is 6.92 Å². The van der Waals surface area contributed by atoms with Gasteiger partial charge in [-0.25, -0.2) is 0 Å². The van der Waals surface area contributed by atoms with Gasteiger partial charge in [0.2, 0.25) is 0 Å². The fourth-order valence-electron chi connectivity index (χ4n) is 2.12. The Bertz CT molecular complexity index is 436. The van der Waals surface area contributed by atoms with Crippen molar-refractivity contribution in [3.8, 4) is 0 Å². The van der Waals surface area contributed by atoms with Crippen molar-refractivity contribution in [2.75, 3.05) is 6.54 Å². The van der Waals surface area contributed by atoms with Gasteiger partial charge in [0.25, 0.3) is 5.91 Å². The molecule has 19 heavy (non-hydrogen) atoms. The van der Waals surface area contributed by atoms with Crippen molar-refractivity contribution in [2.45, 2.75) is 59.7 Å². The van der Waals surface area contributed by atoms with E-state index in [2.05, 4.69) is 5.10 Å². The number of rotatable bonds is 5. The highest BCUT2D eigenvalue weighted by atomic mass is 16.3. The predicted octanol–water partition coefficient (Wildman–Crippen LogP) is 2.00. The number of carbonyl (C=O) groups is 1. The fraction of sp³-hybridized carbons (Fsp3) is 0.714. The maximum atomic E-state index is 12.5. The zero-order valence-corrected chi connectivity index (χ0v) is 12.7. The minimum atomic E-state index is -0.535. The van der Waals surface area contributed by atoms with Crippen LogP contribution in [0.25, 0.3) is 0 Å². The third-order valence-electron chi connectivity index (χ3n) is 3.11. The lowest BCUT2D eigenvalue weighted by Crippen LogP contribution is -2.41. The summed E-state index contributed by atoms with van der Waals surface area (Å²) in [5, 5.41) is 13.8. The first-order valence-electron chi connectivity index (χ1n) is 6.78. The molecule has 1 atom stereocenters. The number of aromatic nitrogens is 2. The SMILES string of the molecule is Cc1c(C(=O)N(CC(C)O)C(C)C)cnn1C(C)C. The molecule has 0 spiro atoms. The van der Waals surface area contributed by atoms with Gasteiger partial charge in [0.15, 0.2) is 0 Å². The number of hydrogen-bond acceptors (Lipinski definition) is 3. The van der Waals surface area contributed by atoms with Crippen LogP contribution in [-0.2, 0) is 0 Å². The molecule has 0 saturated carbocycles. The van der Waals surface area contributed by atoms with E-state index in [0.29, 0.717) is 12.1 Å². The molecule has 1 unspecified atom stereocenters. The molecule has 0 radical (unpaired) electrons. The zero-order valence-electron chi connectivity index (χ0n) is 12.7. The second kappa shape index (κ2) is 6.19. The van der Waals surface area contributed by atoms with Crippen LogP contribution in [0.4, 0.5) is 0 Å². The number of amides is 1. The molecule has 5 heteroatoms. The molecule has 0 aliphatic carbocycles. The summed E-state index contributed by atoms with van der Waals surface area (Å²) in [6.45, 7) is 11.9. The number of aliphatic hydroxyl groups is 1. The molecule has 0 aliphatic rings. The van der Waals surface area contributed by atoms with Crippen molar-refractivity contribution in [1.29, 1.82) is 0 Å². The van der Waals surface area contributed by atoms with Gasteiger partial charge in [-0.3, -0.25) is 9.48 Å². The van der Waals surface area contributed by atoms with Crippen LogP contribution in [0.1, 0.15) is 56.7 Å². The smallest absolute Gasteiger partial charge is 0.257 e. The quantitative estimate of drug-likeness (QED) is 0.887. The van der Waals surface area contributed by atoms with Crippen molar-refractivity contribution < 1.29 is 9.90 Å². The summed E-state index contributed by atoms with van der Waals surface area (Å²) in [7, 11) is 0. The van der Waals surface area contributed by atoms with Gasteiger partial charge in [-0.15, -0.1) is 0 Å². The van der Waals surface area contributed by atoms with Crippen LogP contribution in [0.2, 0.25) is 0 Å². The third kappa shape index (κ3) is 3.56. The highest BCUT2D eigenvalue weighted by Crippen LogP contribution is 2.16. The van der Waals surface area contributed by atoms with Gasteiger partial charge in [0.05, 0.1) is 17.9 Å². The van der Waals surface area contributed by atoms with E-state index in [0.717, 1.165) is 5.69 Å². The lowest BCUT2D eigenvalue weighted by atomic mass is 10.1. The molecule has 0 aromatic carbocycles. The first kappa shape index (κ1) is 15.7. The van der Waals surface area contributed by atoms with Crippen molar-refractivity contribution in [3.63, 3.8) is 0 Å². The summed E-state index contributed by atoms with van der Waals surface area (Å²) >= 11 is 0. The molecule has 1 aromatic heterocycles. The molecule has 1 aromatic rings. The van der Waals surface area contributed by atoms with Crippen molar-refractivity contribution in [1.82, 2.24) is 14.7 Å². The van der Waals surface area contributed by atoms with Crippen LogP contribution in [0.3, 0.4) is 0 Å². The molecule has 0 fully saturated rings. The van der Waals surface area contributed by atoms with Gasteiger partial charge in [-0.05, 0) is 41.5 Å². The minimum absolute atomic E-state index is 0.0453. The van der Waals surface area contributed by atoms with E-state index in [1.807, 2.05) is 39.3 Å². The Morgan fingerprint density at radius 3 is 2.32 bits per heavy atom. The van der Waals surface area contributed by atoms with Crippen LogP contribution < -0.4 is 0 Å². The summed E-state index contributed by atoms with van der Waals surface area (Å²) in [5.41, 5.74) is 1.49. The molecule has 1 heterocycles. The Morgan fingerprint density at radius 1 is 1.37 bits per heavy atom. The van der Waals surface area contributed by atoms with Crippen LogP contribution in [0.5, 0.6) is 0 Å². The molecular formula is C14H25N3O2. The Hall–Kier alpha value is -1.36. The topological polar surface area (TPSA) is 58.4 Å². The standard InChI is InChI=1S/C14H25N3O2/c1-9(2)16(8-11(5)18)14(19)13-7-15-17(10(3)4)12(13)6/h7,9-11,18H,8H2,1-6H3. The van der Waals surface area contributed by atoms with Gasteiger partial charge >= 0.3 is 0 Å². The fourth-order valence-corrected chi connectivity index (χ4v) is 2.12. The number of hydrogen-bond donors (Lipinski definition) is 1. The first-order chi connectivity index (χ1) is 8.75. The molecule has 108 valence electrons. The highest BCUT2D eigenvalue weighted by molar-refractivity contribution is 5.95. The Kier molecular flexibility index (Phi) is 5.11. The van der Waals surface area contributed by atoms with Crippen molar-refractivity contribution in [2.24, 2.45) is 0 Å². The maximum Gasteiger partial charge on any atom is 0.257 e.